The van der Waals surface area contributed by atoms with Crippen LogP contribution in [0.15, 0.2) is 48.5 Å². The van der Waals surface area contributed by atoms with Crippen LogP contribution in [-0.4, -0.2) is 17.6 Å². The van der Waals surface area contributed by atoms with Gasteiger partial charge in [-0.25, -0.2) is 0 Å². The molecule has 25 heavy (non-hydrogen) atoms. The van der Waals surface area contributed by atoms with Crippen LogP contribution in [0.3, 0.4) is 0 Å². The van der Waals surface area contributed by atoms with Crippen LogP contribution in [0, 0.1) is 6.92 Å². The molecule has 1 amide bonds. The molecular formula is C20H24N2O2S. The summed E-state index contributed by atoms with van der Waals surface area (Å²) < 4.78 is 5.59. The van der Waals surface area contributed by atoms with Crippen molar-refractivity contribution in [1.82, 2.24) is 10.6 Å². The fourth-order valence-electron chi connectivity index (χ4n) is 2.14. The Morgan fingerprint density at radius 3 is 2.40 bits per heavy atom. The van der Waals surface area contributed by atoms with E-state index in [0.717, 1.165) is 24.2 Å². The second kappa shape index (κ2) is 9.79. The summed E-state index contributed by atoms with van der Waals surface area (Å²) in [5.74, 6) is 0.534. The van der Waals surface area contributed by atoms with Crippen LogP contribution in [-0.2, 0) is 6.54 Å². The number of ether oxygens (including phenoxy) is 1. The van der Waals surface area contributed by atoms with Gasteiger partial charge in [-0.3, -0.25) is 10.1 Å². The molecule has 2 rings (SSSR count). The molecule has 0 aliphatic carbocycles. The van der Waals surface area contributed by atoms with Gasteiger partial charge in [0.25, 0.3) is 5.91 Å². The summed E-state index contributed by atoms with van der Waals surface area (Å²) in [6, 6.07) is 15.2. The van der Waals surface area contributed by atoms with Crippen molar-refractivity contribution in [3.63, 3.8) is 0 Å². The molecule has 0 fully saturated rings. The molecule has 4 nitrogen and oxygen atoms in total. The summed E-state index contributed by atoms with van der Waals surface area (Å²) in [5.41, 5.74) is 2.86. The first-order valence-corrected chi connectivity index (χ1v) is 8.87. The smallest absolute Gasteiger partial charge is 0.257 e. The van der Waals surface area contributed by atoms with Crippen molar-refractivity contribution < 1.29 is 9.53 Å². The van der Waals surface area contributed by atoms with Crippen molar-refractivity contribution in [2.24, 2.45) is 0 Å². The van der Waals surface area contributed by atoms with Gasteiger partial charge in [0.15, 0.2) is 5.11 Å². The number of hydrogen-bond acceptors (Lipinski definition) is 3. The number of rotatable bonds is 7. The largest absolute Gasteiger partial charge is 0.494 e. The molecule has 5 heteroatoms. The molecule has 0 spiro atoms. The van der Waals surface area contributed by atoms with Gasteiger partial charge in [0, 0.05) is 12.1 Å². The second-order valence-corrected chi connectivity index (χ2v) is 6.26. The Morgan fingerprint density at radius 2 is 1.76 bits per heavy atom. The first-order chi connectivity index (χ1) is 12.1. The zero-order chi connectivity index (χ0) is 18.1. The summed E-state index contributed by atoms with van der Waals surface area (Å²) >= 11 is 5.18. The van der Waals surface area contributed by atoms with E-state index in [9.17, 15) is 4.79 Å². The summed E-state index contributed by atoms with van der Waals surface area (Å²) in [4.78, 5) is 12.2. The molecular weight excluding hydrogens is 332 g/mol. The van der Waals surface area contributed by atoms with Gasteiger partial charge in [-0.15, -0.1) is 0 Å². The highest BCUT2D eigenvalue weighted by molar-refractivity contribution is 7.80. The SMILES string of the molecule is CCCCOc1ccc(C(=O)NC(=S)NCc2ccc(C)cc2)cc1. The van der Waals surface area contributed by atoms with Crippen molar-refractivity contribution in [2.75, 3.05) is 6.61 Å². The van der Waals surface area contributed by atoms with E-state index < -0.39 is 0 Å². The highest BCUT2D eigenvalue weighted by atomic mass is 32.1. The van der Waals surface area contributed by atoms with E-state index in [1.165, 1.54) is 5.56 Å². The molecule has 0 bridgehead atoms. The first kappa shape index (κ1) is 18.9. The van der Waals surface area contributed by atoms with E-state index >= 15 is 0 Å². The number of benzene rings is 2. The van der Waals surface area contributed by atoms with Gasteiger partial charge in [0.1, 0.15) is 5.75 Å². The van der Waals surface area contributed by atoms with Crippen LogP contribution in [0.5, 0.6) is 5.75 Å². The number of hydrogen-bond donors (Lipinski definition) is 2. The maximum Gasteiger partial charge on any atom is 0.257 e. The molecule has 0 aliphatic rings. The van der Waals surface area contributed by atoms with Crippen LogP contribution in [0.4, 0.5) is 0 Å². The van der Waals surface area contributed by atoms with Gasteiger partial charge < -0.3 is 10.1 Å². The van der Waals surface area contributed by atoms with E-state index in [-0.39, 0.29) is 5.91 Å². The quantitative estimate of drug-likeness (QED) is 0.582. The molecule has 2 N–H and O–H groups in total. The zero-order valence-electron chi connectivity index (χ0n) is 14.7. The minimum atomic E-state index is -0.235. The standard InChI is InChI=1S/C20H24N2O2S/c1-3-4-13-24-18-11-9-17(10-12-18)19(23)22-20(25)21-14-16-7-5-15(2)6-8-16/h5-12H,3-4,13-14H2,1-2H3,(H2,21,22,23,25). The molecule has 2 aromatic rings. The molecule has 0 saturated heterocycles. The highest BCUT2D eigenvalue weighted by Crippen LogP contribution is 2.12. The van der Waals surface area contributed by atoms with Crippen LogP contribution in [0.25, 0.3) is 0 Å². The lowest BCUT2D eigenvalue weighted by Crippen LogP contribution is -2.38. The van der Waals surface area contributed by atoms with E-state index in [2.05, 4.69) is 17.6 Å². The maximum atomic E-state index is 12.2. The molecule has 0 aromatic heterocycles. The summed E-state index contributed by atoms with van der Waals surface area (Å²) in [5, 5.41) is 6.04. The van der Waals surface area contributed by atoms with Crippen molar-refractivity contribution >= 4 is 23.2 Å². The fourth-order valence-corrected chi connectivity index (χ4v) is 2.31. The fraction of sp³-hybridized carbons (Fsp3) is 0.300. The topological polar surface area (TPSA) is 50.4 Å². The number of thiocarbonyl (C=S) groups is 1. The zero-order valence-corrected chi connectivity index (χ0v) is 15.5. The third kappa shape index (κ3) is 6.55. The van der Waals surface area contributed by atoms with E-state index in [1.54, 1.807) is 24.3 Å². The minimum Gasteiger partial charge on any atom is -0.494 e. The second-order valence-electron chi connectivity index (χ2n) is 5.85. The van der Waals surface area contributed by atoms with E-state index in [0.29, 0.717) is 23.8 Å². The summed E-state index contributed by atoms with van der Waals surface area (Å²) in [6.07, 6.45) is 2.11. The third-order valence-corrected chi connectivity index (χ3v) is 3.93. The number of carbonyl (C=O) groups is 1. The third-order valence-electron chi connectivity index (χ3n) is 3.68. The van der Waals surface area contributed by atoms with Crippen molar-refractivity contribution in [1.29, 1.82) is 0 Å². The molecule has 132 valence electrons. The van der Waals surface area contributed by atoms with Crippen molar-refractivity contribution in [3.8, 4) is 5.75 Å². The average Bonchev–Trinajstić information content (AvgIpc) is 2.62. The predicted molar refractivity (Wildman–Crippen MR) is 105 cm³/mol. The lowest BCUT2D eigenvalue weighted by Gasteiger charge is -2.10. The normalized spacial score (nSPS) is 10.2. The van der Waals surface area contributed by atoms with E-state index in [4.69, 9.17) is 17.0 Å². The molecule has 0 atom stereocenters. The lowest BCUT2D eigenvalue weighted by molar-refractivity contribution is 0.0976. The number of amides is 1. The Hall–Kier alpha value is -2.40. The maximum absolute atomic E-state index is 12.2. The van der Waals surface area contributed by atoms with Crippen LogP contribution in [0.2, 0.25) is 0 Å². The van der Waals surface area contributed by atoms with Gasteiger partial charge >= 0.3 is 0 Å². The van der Waals surface area contributed by atoms with Gasteiger partial charge in [0.05, 0.1) is 6.61 Å². The molecule has 2 aromatic carbocycles. The highest BCUT2D eigenvalue weighted by Gasteiger charge is 2.08. The average molecular weight is 356 g/mol. The predicted octanol–water partition coefficient (Wildman–Crippen LogP) is 3.98. The first-order valence-electron chi connectivity index (χ1n) is 8.46. The Morgan fingerprint density at radius 1 is 1.08 bits per heavy atom. The van der Waals surface area contributed by atoms with Crippen molar-refractivity contribution in [3.05, 3.63) is 65.2 Å². The monoisotopic (exact) mass is 356 g/mol. The number of carbonyl (C=O) groups excluding carboxylic acids is 1. The Bertz CT molecular complexity index is 697. The minimum absolute atomic E-state index is 0.235. The number of aryl methyl sites for hydroxylation is 1. The van der Waals surface area contributed by atoms with Crippen LogP contribution < -0.4 is 15.4 Å². The molecule has 0 heterocycles. The number of unbranched alkanes of at least 4 members (excludes halogenated alkanes) is 1. The molecule has 0 aliphatic heterocycles. The Balaban J connectivity index is 1.80. The van der Waals surface area contributed by atoms with Crippen LogP contribution >= 0.6 is 12.2 Å². The van der Waals surface area contributed by atoms with Gasteiger partial charge in [0.2, 0.25) is 0 Å². The van der Waals surface area contributed by atoms with Crippen LogP contribution in [0.1, 0.15) is 41.3 Å². The van der Waals surface area contributed by atoms with Gasteiger partial charge in [-0.2, -0.15) is 0 Å². The molecule has 0 unspecified atom stereocenters. The van der Waals surface area contributed by atoms with Gasteiger partial charge in [-0.05, 0) is 55.4 Å². The van der Waals surface area contributed by atoms with Gasteiger partial charge in [-0.1, -0.05) is 43.2 Å². The summed E-state index contributed by atoms with van der Waals surface area (Å²) in [6.45, 7) is 5.42. The van der Waals surface area contributed by atoms with E-state index in [1.807, 2.05) is 31.2 Å². The molecule has 0 radical (unpaired) electrons. The number of nitrogens with one attached hydrogen (secondary N) is 2. The van der Waals surface area contributed by atoms with Crippen molar-refractivity contribution in [2.45, 2.75) is 33.2 Å². The Labute approximate surface area is 154 Å². The lowest BCUT2D eigenvalue weighted by atomic mass is 10.1. The Kier molecular flexibility index (Phi) is 7.41. The molecule has 0 saturated carbocycles. The summed E-state index contributed by atoms with van der Waals surface area (Å²) in [7, 11) is 0.